The second kappa shape index (κ2) is 14.6. The fourth-order valence-electron chi connectivity index (χ4n) is 8.59. The molecule has 6 rings (SSSR count). The molecule has 2 saturated carbocycles. The van der Waals surface area contributed by atoms with Gasteiger partial charge in [-0.05, 0) is 114 Å². The Morgan fingerprint density at radius 3 is 2.19 bits per heavy atom. The minimum atomic E-state index is -3.94. The first-order chi connectivity index (χ1) is 22.6. The molecule has 7 heteroatoms. The molecule has 0 amide bonds. The predicted octanol–water partition coefficient (Wildman–Crippen LogP) is 10.2. The molecule has 0 heterocycles. The van der Waals surface area contributed by atoms with Crippen LogP contribution in [0.2, 0.25) is 0 Å². The van der Waals surface area contributed by atoms with Crippen LogP contribution in [-0.4, -0.2) is 18.0 Å². The molecule has 0 saturated heterocycles. The van der Waals surface area contributed by atoms with E-state index < -0.39 is 7.82 Å². The number of phosphoric ester groups is 1. The molecule has 3 aliphatic carbocycles. The van der Waals surface area contributed by atoms with Gasteiger partial charge in [0, 0.05) is 0 Å². The third kappa shape index (κ3) is 7.89. The number of ether oxygens (including phenoxy) is 1. The van der Waals surface area contributed by atoms with E-state index in [1.807, 2.05) is 66.7 Å². The highest BCUT2D eigenvalue weighted by molar-refractivity contribution is 7.48. The third-order valence-electron chi connectivity index (χ3n) is 11.9. The van der Waals surface area contributed by atoms with Crippen molar-refractivity contribution < 1.29 is 28.0 Å². The van der Waals surface area contributed by atoms with Gasteiger partial charge in [-0.3, -0.25) is 9.05 Å². The van der Waals surface area contributed by atoms with Crippen LogP contribution in [0.5, 0.6) is 5.75 Å². The number of aliphatic hydroxyl groups is 1. The Bertz CT molecular complexity index is 1460. The second-order valence-corrected chi connectivity index (χ2v) is 16.8. The third-order valence-corrected chi connectivity index (χ3v) is 13.2. The summed E-state index contributed by atoms with van der Waals surface area (Å²) in [4.78, 5) is 0. The monoisotopic (exact) mass is 660 g/mol. The Morgan fingerprint density at radius 2 is 1.55 bits per heavy atom. The lowest BCUT2D eigenvalue weighted by Crippen LogP contribution is -2.47. The number of hydrogen-bond donors (Lipinski definition) is 1. The van der Waals surface area contributed by atoms with Gasteiger partial charge in [0.15, 0.2) is 6.79 Å². The lowest BCUT2D eigenvalue weighted by molar-refractivity contribution is -0.0407. The summed E-state index contributed by atoms with van der Waals surface area (Å²) >= 11 is 0. The lowest BCUT2D eigenvalue weighted by Gasteiger charge is -2.53. The second-order valence-electron chi connectivity index (χ2n) is 15.2. The molecule has 3 aromatic rings. The van der Waals surface area contributed by atoms with Crippen molar-refractivity contribution in [1.29, 1.82) is 0 Å². The Morgan fingerprint density at radius 1 is 0.894 bits per heavy atom. The van der Waals surface area contributed by atoms with Gasteiger partial charge < -0.3 is 9.84 Å². The van der Waals surface area contributed by atoms with Crippen molar-refractivity contribution in [3.8, 4) is 5.75 Å². The van der Waals surface area contributed by atoms with Gasteiger partial charge in [0.1, 0.15) is 5.75 Å². The molecule has 0 radical (unpaired) electrons. The number of hydrogen-bond acceptors (Lipinski definition) is 6. The van der Waals surface area contributed by atoms with Gasteiger partial charge in [-0.2, -0.15) is 0 Å². The lowest BCUT2D eigenvalue weighted by atomic mass is 9.52. The predicted molar refractivity (Wildman–Crippen MR) is 186 cm³/mol. The molecule has 0 aliphatic heterocycles. The molecule has 1 N–H and O–H groups in total. The van der Waals surface area contributed by atoms with E-state index in [1.165, 1.54) is 30.4 Å². The highest BCUT2D eigenvalue weighted by Crippen LogP contribution is 2.63. The molecule has 3 aliphatic rings. The summed E-state index contributed by atoms with van der Waals surface area (Å²) in [6.45, 7) is 9.39. The quantitative estimate of drug-likeness (QED) is 0.137. The van der Waals surface area contributed by atoms with Gasteiger partial charge in [0.25, 0.3) is 0 Å². The fourth-order valence-corrected chi connectivity index (χ4v) is 9.61. The number of aliphatic hydroxyl groups excluding tert-OH is 1. The van der Waals surface area contributed by atoms with Crippen LogP contribution < -0.4 is 4.74 Å². The number of phosphoric acid groups is 1. The van der Waals surface area contributed by atoms with Gasteiger partial charge in [0.05, 0.1) is 19.3 Å². The van der Waals surface area contributed by atoms with Gasteiger partial charge in [-0.15, -0.1) is 0 Å². The molecule has 0 spiro atoms. The molecule has 254 valence electrons. The van der Waals surface area contributed by atoms with Crippen LogP contribution in [0.3, 0.4) is 0 Å². The Hall–Kier alpha value is -2.47. The largest absolute Gasteiger partial charge is 0.478 e. The maximum Gasteiger partial charge on any atom is 0.478 e. The van der Waals surface area contributed by atoms with Crippen LogP contribution in [0.15, 0.2) is 78.9 Å². The molecule has 2 fully saturated rings. The molecule has 6 nitrogen and oxygen atoms in total. The van der Waals surface area contributed by atoms with Gasteiger partial charge in [-0.25, -0.2) is 9.09 Å². The first-order valence-electron chi connectivity index (χ1n) is 17.6. The van der Waals surface area contributed by atoms with E-state index in [-0.39, 0.29) is 31.5 Å². The van der Waals surface area contributed by atoms with Crippen molar-refractivity contribution in [2.45, 2.75) is 104 Å². The number of rotatable bonds is 14. The highest BCUT2D eigenvalue weighted by Gasteiger charge is 2.56. The zero-order chi connectivity index (χ0) is 33.1. The maximum atomic E-state index is 13.7. The van der Waals surface area contributed by atoms with E-state index in [1.54, 1.807) is 0 Å². The molecule has 6 unspecified atom stereocenters. The minimum absolute atomic E-state index is 0.0384. The first kappa shape index (κ1) is 34.4. The summed E-state index contributed by atoms with van der Waals surface area (Å²) in [6.07, 6.45) is 8.72. The first-order valence-corrected chi connectivity index (χ1v) is 19.1. The summed E-state index contributed by atoms with van der Waals surface area (Å²) in [6, 6.07) is 25.6. The highest BCUT2D eigenvalue weighted by atomic mass is 31.2. The van der Waals surface area contributed by atoms with E-state index in [4.69, 9.17) is 18.3 Å². The summed E-state index contributed by atoms with van der Waals surface area (Å²) in [5.74, 6) is 2.97. The molecule has 0 aromatic heterocycles. The average Bonchev–Trinajstić information content (AvgIpc) is 3.40. The summed E-state index contributed by atoms with van der Waals surface area (Å²) in [5, 5.41) is 11.0. The Kier molecular flexibility index (Phi) is 10.7. The van der Waals surface area contributed by atoms with Crippen molar-refractivity contribution in [2.24, 2.45) is 28.6 Å². The van der Waals surface area contributed by atoms with Crippen molar-refractivity contribution in [3.63, 3.8) is 0 Å². The molecular weight excluding hydrogens is 607 g/mol. The van der Waals surface area contributed by atoms with Crippen LogP contribution in [0.1, 0.15) is 101 Å². The van der Waals surface area contributed by atoms with Crippen LogP contribution in [-0.2, 0) is 37.8 Å². The van der Waals surface area contributed by atoms with Crippen molar-refractivity contribution in [3.05, 3.63) is 101 Å². The molecular formula is C40H53O6P. The maximum absolute atomic E-state index is 13.7. The fraction of sp³-hybridized carbons (Fsp3) is 0.550. The zero-order valence-corrected chi connectivity index (χ0v) is 29.5. The molecule has 3 aromatic carbocycles. The molecule has 0 bridgehead atoms. The standard InChI is InChI=1S/C40H53O6P/c1-5-39(2,3)22-20-31-24-32-25-33(16-17-34(32)35-21-23-40(4)36(38(31)35)18-19-37(40)41)43-28-46-47(42,44-26-29-12-8-6-9-13-29)45-27-30-14-10-7-11-15-30/h6-17,25,31,35-38,41H,5,18-24,26-28H2,1-4H3. The minimum Gasteiger partial charge on any atom is -0.467 e. The van der Waals surface area contributed by atoms with E-state index >= 15 is 0 Å². The van der Waals surface area contributed by atoms with E-state index in [0.29, 0.717) is 34.8 Å². The van der Waals surface area contributed by atoms with Crippen LogP contribution in [0, 0.1) is 28.6 Å². The smallest absolute Gasteiger partial charge is 0.467 e. The Balaban J connectivity index is 1.16. The topological polar surface area (TPSA) is 74.2 Å². The SMILES string of the molecule is CCC(C)(C)CCC1Cc2cc(OCOP(=O)(OCc3ccccc3)OCc3ccccc3)ccc2C2CCC3(C)C(O)CCC3C12. The average molecular weight is 661 g/mol. The zero-order valence-electron chi connectivity index (χ0n) is 28.6. The molecule has 47 heavy (non-hydrogen) atoms. The summed E-state index contributed by atoms with van der Waals surface area (Å²) < 4.78 is 37.1. The van der Waals surface area contributed by atoms with Gasteiger partial charge in [-0.1, -0.05) is 101 Å². The van der Waals surface area contributed by atoms with Crippen LogP contribution >= 0.6 is 7.82 Å². The molecule has 6 atom stereocenters. The Labute approximate surface area is 281 Å². The van der Waals surface area contributed by atoms with Gasteiger partial charge >= 0.3 is 7.82 Å². The van der Waals surface area contributed by atoms with Crippen molar-refractivity contribution >= 4 is 7.82 Å². The number of benzene rings is 3. The van der Waals surface area contributed by atoms with Gasteiger partial charge in [0.2, 0.25) is 0 Å². The van der Waals surface area contributed by atoms with Crippen molar-refractivity contribution in [2.75, 3.05) is 6.79 Å². The van der Waals surface area contributed by atoms with Crippen LogP contribution in [0.4, 0.5) is 0 Å². The van der Waals surface area contributed by atoms with Crippen molar-refractivity contribution in [1.82, 2.24) is 0 Å². The van der Waals surface area contributed by atoms with E-state index in [0.717, 1.165) is 43.2 Å². The number of fused-ring (bicyclic) bond motifs is 5. The van der Waals surface area contributed by atoms with E-state index in [9.17, 15) is 9.67 Å². The van der Waals surface area contributed by atoms with Crippen LogP contribution in [0.25, 0.3) is 0 Å². The normalized spacial score (nSPS) is 27.1. The summed E-state index contributed by atoms with van der Waals surface area (Å²) in [5.41, 5.74) is 4.91. The summed E-state index contributed by atoms with van der Waals surface area (Å²) in [7, 11) is -3.94. The van der Waals surface area contributed by atoms with E-state index in [2.05, 4.69) is 39.8 Å².